The molecule has 98 valence electrons. The van der Waals surface area contributed by atoms with Gasteiger partial charge in [-0.1, -0.05) is 0 Å². The van der Waals surface area contributed by atoms with E-state index in [1.165, 1.54) is 32.1 Å². The first-order valence-electron chi connectivity index (χ1n) is 6.96. The second-order valence-electron chi connectivity index (χ2n) is 5.34. The van der Waals surface area contributed by atoms with Gasteiger partial charge in [0.05, 0.1) is 6.54 Å². The highest BCUT2D eigenvalue weighted by atomic mass is 16.2. The number of hydrogen-bond acceptors (Lipinski definition) is 3. The van der Waals surface area contributed by atoms with Crippen molar-refractivity contribution in [3.05, 3.63) is 0 Å². The van der Waals surface area contributed by atoms with Crippen LogP contribution in [-0.2, 0) is 4.79 Å². The first-order chi connectivity index (χ1) is 8.27. The van der Waals surface area contributed by atoms with Gasteiger partial charge in [-0.25, -0.2) is 0 Å². The van der Waals surface area contributed by atoms with Crippen molar-refractivity contribution in [2.75, 3.05) is 39.8 Å². The Bertz CT molecular complexity index is 243. The van der Waals surface area contributed by atoms with Crippen molar-refractivity contribution < 1.29 is 4.79 Å². The molecular weight excluding hydrogens is 214 g/mol. The summed E-state index contributed by atoms with van der Waals surface area (Å²) >= 11 is 0. The van der Waals surface area contributed by atoms with E-state index < -0.39 is 0 Å². The van der Waals surface area contributed by atoms with Crippen LogP contribution in [0.4, 0.5) is 0 Å². The number of likely N-dealkylation sites (N-methyl/N-ethyl adjacent to an activating group) is 1. The Labute approximate surface area is 104 Å². The molecule has 1 N–H and O–H groups in total. The molecule has 0 bridgehead atoms. The third kappa shape index (κ3) is 3.68. The summed E-state index contributed by atoms with van der Waals surface area (Å²) in [5.74, 6) is 0.321. The number of nitrogens with one attached hydrogen (secondary N) is 1. The lowest BCUT2D eigenvalue weighted by atomic mass is 10.1. The van der Waals surface area contributed by atoms with Gasteiger partial charge in [0.25, 0.3) is 0 Å². The van der Waals surface area contributed by atoms with Crippen LogP contribution >= 0.6 is 0 Å². The van der Waals surface area contributed by atoms with E-state index >= 15 is 0 Å². The SMILES string of the molecule is CN(CC(=O)N1CCCC1)C1CCCNCC1. The standard InChI is InChI=1S/C13H25N3O/c1-15(12-5-4-7-14-8-6-12)11-13(17)16-9-2-3-10-16/h12,14H,2-11H2,1H3. The average molecular weight is 239 g/mol. The Balaban J connectivity index is 1.78. The first kappa shape index (κ1) is 12.8. The highest BCUT2D eigenvalue weighted by Gasteiger charge is 2.23. The summed E-state index contributed by atoms with van der Waals surface area (Å²) in [5.41, 5.74) is 0. The predicted octanol–water partition coefficient (Wildman–Crippen LogP) is 0.683. The van der Waals surface area contributed by atoms with Gasteiger partial charge in [-0.3, -0.25) is 9.69 Å². The quantitative estimate of drug-likeness (QED) is 0.787. The maximum absolute atomic E-state index is 12.1. The molecule has 1 atom stereocenters. The number of amides is 1. The number of carbonyl (C=O) groups excluding carboxylic acids is 1. The molecule has 17 heavy (non-hydrogen) atoms. The van der Waals surface area contributed by atoms with Gasteiger partial charge in [0, 0.05) is 19.1 Å². The maximum Gasteiger partial charge on any atom is 0.236 e. The zero-order valence-electron chi connectivity index (χ0n) is 11.0. The molecule has 2 aliphatic heterocycles. The lowest BCUT2D eigenvalue weighted by Crippen LogP contribution is -2.42. The summed E-state index contributed by atoms with van der Waals surface area (Å²) in [7, 11) is 2.10. The Hall–Kier alpha value is -0.610. The second kappa shape index (κ2) is 6.36. The minimum absolute atomic E-state index is 0.321. The van der Waals surface area contributed by atoms with E-state index in [-0.39, 0.29) is 0 Å². The number of nitrogens with zero attached hydrogens (tertiary/aromatic N) is 2. The molecule has 0 aliphatic carbocycles. The van der Waals surface area contributed by atoms with Crippen LogP contribution in [0.15, 0.2) is 0 Å². The fourth-order valence-corrected chi connectivity index (χ4v) is 2.85. The van der Waals surface area contributed by atoms with Crippen molar-refractivity contribution in [1.29, 1.82) is 0 Å². The highest BCUT2D eigenvalue weighted by Crippen LogP contribution is 2.13. The smallest absolute Gasteiger partial charge is 0.236 e. The summed E-state index contributed by atoms with van der Waals surface area (Å²) in [6, 6.07) is 0.580. The molecule has 2 fully saturated rings. The van der Waals surface area contributed by atoms with Gasteiger partial charge in [-0.2, -0.15) is 0 Å². The molecule has 1 unspecified atom stereocenters. The molecule has 4 heteroatoms. The van der Waals surface area contributed by atoms with E-state index in [0.717, 1.165) is 26.2 Å². The summed E-state index contributed by atoms with van der Waals surface area (Å²) in [6.45, 7) is 4.76. The maximum atomic E-state index is 12.1. The molecule has 0 aromatic carbocycles. The van der Waals surface area contributed by atoms with E-state index in [4.69, 9.17) is 0 Å². The molecular formula is C13H25N3O. The summed E-state index contributed by atoms with van der Waals surface area (Å²) in [5, 5.41) is 3.42. The Morgan fingerprint density at radius 2 is 2.00 bits per heavy atom. The molecule has 0 aromatic rings. The molecule has 0 saturated carbocycles. The molecule has 2 heterocycles. The van der Waals surface area contributed by atoms with Gasteiger partial charge in [-0.05, 0) is 52.2 Å². The van der Waals surface area contributed by atoms with Gasteiger partial charge >= 0.3 is 0 Å². The molecule has 2 saturated heterocycles. The third-order valence-electron chi connectivity index (χ3n) is 4.01. The largest absolute Gasteiger partial charge is 0.342 e. The van der Waals surface area contributed by atoms with Crippen LogP contribution in [0.3, 0.4) is 0 Å². The molecule has 2 rings (SSSR count). The van der Waals surface area contributed by atoms with Crippen LogP contribution < -0.4 is 5.32 Å². The summed E-state index contributed by atoms with van der Waals surface area (Å²) in [6.07, 6.45) is 5.99. The second-order valence-corrected chi connectivity index (χ2v) is 5.34. The van der Waals surface area contributed by atoms with Crippen LogP contribution in [0.25, 0.3) is 0 Å². The minimum atomic E-state index is 0.321. The van der Waals surface area contributed by atoms with E-state index in [2.05, 4.69) is 17.3 Å². The molecule has 2 aliphatic rings. The number of hydrogen-bond donors (Lipinski definition) is 1. The van der Waals surface area contributed by atoms with E-state index in [1.807, 2.05) is 4.90 Å². The van der Waals surface area contributed by atoms with Crippen molar-refractivity contribution in [3.63, 3.8) is 0 Å². The Morgan fingerprint density at radius 3 is 2.76 bits per heavy atom. The lowest BCUT2D eigenvalue weighted by molar-refractivity contribution is -0.131. The van der Waals surface area contributed by atoms with Gasteiger partial charge in [0.2, 0.25) is 5.91 Å². The van der Waals surface area contributed by atoms with Crippen LogP contribution in [0.5, 0.6) is 0 Å². The van der Waals surface area contributed by atoms with Crippen molar-refractivity contribution in [2.45, 2.75) is 38.1 Å². The zero-order valence-corrected chi connectivity index (χ0v) is 11.0. The van der Waals surface area contributed by atoms with Crippen LogP contribution in [0.2, 0.25) is 0 Å². The monoisotopic (exact) mass is 239 g/mol. The first-order valence-corrected chi connectivity index (χ1v) is 6.96. The number of rotatable bonds is 3. The molecule has 1 amide bonds. The minimum Gasteiger partial charge on any atom is -0.342 e. The van der Waals surface area contributed by atoms with Crippen molar-refractivity contribution in [3.8, 4) is 0 Å². The number of likely N-dealkylation sites (tertiary alicyclic amines) is 1. The molecule has 0 aromatic heterocycles. The molecule has 4 nitrogen and oxygen atoms in total. The molecule has 0 spiro atoms. The van der Waals surface area contributed by atoms with Gasteiger partial charge in [-0.15, -0.1) is 0 Å². The van der Waals surface area contributed by atoms with Crippen LogP contribution in [0.1, 0.15) is 32.1 Å². The van der Waals surface area contributed by atoms with E-state index in [9.17, 15) is 4.79 Å². The van der Waals surface area contributed by atoms with Crippen molar-refractivity contribution >= 4 is 5.91 Å². The number of carbonyl (C=O) groups is 1. The van der Waals surface area contributed by atoms with Crippen molar-refractivity contribution in [1.82, 2.24) is 15.1 Å². The topological polar surface area (TPSA) is 35.6 Å². The Kier molecular flexibility index (Phi) is 4.80. The summed E-state index contributed by atoms with van der Waals surface area (Å²) < 4.78 is 0. The average Bonchev–Trinajstić information content (AvgIpc) is 2.71. The van der Waals surface area contributed by atoms with E-state index in [0.29, 0.717) is 18.5 Å². The lowest BCUT2D eigenvalue weighted by Gasteiger charge is -2.28. The van der Waals surface area contributed by atoms with Gasteiger partial charge in [0.15, 0.2) is 0 Å². The normalized spacial score (nSPS) is 26.2. The zero-order chi connectivity index (χ0) is 12.1. The van der Waals surface area contributed by atoms with Crippen molar-refractivity contribution in [2.24, 2.45) is 0 Å². The van der Waals surface area contributed by atoms with Gasteiger partial charge < -0.3 is 10.2 Å². The fraction of sp³-hybridized carbons (Fsp3) is 0.923. The molecule has 0 radical (unpaired) electrons. The van der Waals surface area contributed by atoms with E-state index in [1.54, 1.807) is 0 Å². The van der Waals surface area contributed by atoms with Crippen LogP contribution in [-0.4, -0.2) is 61.5 Å². The fourth-order valence-electron chi connectivity index (χ4n) is 2.85. The van der Waals surface area contributed by atoms with Gasteiger partial charge in [0.1, 0.15) is 0 Å². The third-order valence-corrected chi connectivity index (χ3v) is 4.01. The van der Waals surface area contributed by atoms with Crippen LogP contribution in [0, 0.1) is 0 Å². The predicted molar refractivity (Wildman–Crippen MR) is 69.0 cm³/mol. The highest BCUT2D eigenvalue weighted by molar-refractivity contribution is 5.78. The Morgan fingerprint density at radius 1 is 1.24 bits per heavy atom. The summed E-state index contributed by atoms with van der Waals surface area (Å²) in [4.78, 5) is 16.3.